The van der Waals surface area contributed by atoms with Crippen LogP contribution in [-0.2, 0) is 14.8 Å². The van der Waals surface area contributed by atoms with Crippen LogP contribution in [0.1, 0.15) is 44.2 Å². The first-order valence-electron chi connectivity index (χ1n) is 10.7. The molecule has 2 aromatic rings. The third-order valence-electron chi connectivity index (χ3n) is 5.87. The highest BCUT2D eigenvalue weighted by Crippen LogP contribution is 2.23. The van der Waals surface area contributed by atoms with Gasteiger partial charge in [-0.3, -0.25) is 9.69 Å². The van der Waals surface area contributed by atoms with Crippen LogP contribution in [0.2, 0.25) is 0 Å². The zero-order chi connectivity index (χ0) is 22.4. The lowest BCUT2D eigenvalue weighted by Crippen LogP contribution is -2.32. The van der Waals surface area contributed by atoms with Crippen molar-refractivity contribution < 1.29 is 13.2 Å². The summed E-state index contributed by atoms with van der Waals surface area (Å²) in [5, 5.41) is 8.10. The first kappa shape index (κ1) is 23.2. The maximum absolute atomic E-state index is 12.5. The van der Waals surface area contributed by atoms with E-state index in [-0.39, 0.29) is 23.4 Å². The van der Waals surface area contributed by atoms with Crippen LogP contribution in [0.3, 0.4) is 0 Å². The second-order valence-electron chi connectivity index (χ2n) is 8.20. The molecule has 0 radical (unpaired) electrons. The maximum Gasteiger partial charge on any atom is 0.238 e. The number of nitrogens with zero attached hydrogens (tertiary/aromatic N) is 2. The van der Waals surface area contributed by atoms with Crippen molar-refractivity contribution in [3.63, 3.8) is 0 Å². The van der Waals surface area contributed by atoms with Crippen molar-refractivity contribution in [2.45, 2.75) is 43.5 Å². The Balaban J connectivity index is 1.54. The number of amides is 1. The maximum atomic E-state index is 12.5. The predicted octanol–water partition coefficient (Wildman–Crippen LogP) is 3.35. The zero-order valence-electron chi connectivity index (χ0n) is 18.3. The number of nitrogens with two attached hydrogens (primary N) is 1. The summed E-state index contributed by atoms with van der Waals surface area (Å²) in [6.45, 7) is 4.36. The largest absolute Gasteiger partial charge is 0.372 e. The van der Waals surface area contributed by atoms with Gasteiger partial charge in [0.1, 0.15) is 0 Å². The normalized spacial score (nSPS) is 16.1. The number of carbonyl (C=O) groups is 1. The standard InChI is InChI=1S/C23H32N4O3S/c1-18(19-7-13-22(14-8-19)31(24,29)30)26(2)17-23(28)25-20-9-11-21(12-10-20)27-15-5-3-4-6-16-27/h7-14,18H,3-6,15-17H2,1-2H3,(H,25,28)(H2,24,29,30)/t18-/m1/s1. The molecule has 3 rings (SSSR count). The lowest BCUT2D eigenvalue weighted by Gasteiger charge is -2.25. The molecule has 0 spiro atoms. The molecule has 1 amide bonds. The molecule has 1 saturated heterocycles. The van der Waals surface area contributed by atoms with E-state index >= 15 is 0 Å². The second-order valence-corrected chi connectivity index (χ2v) is 9.76. The topological polar surface area (TPSA) is 95.7 Å². The van der Waals surface area contributed by atoms with Gasteiger partial charge < -0.3 is 10.2 Å². The van der Waals surface area contributed by atoms with Gasteiger partial charge in [-0.05, 0) is 68.8 Å². The molecule has 1 aliphatic heterocycles. The van der Waals surface area contributed by atoms with Gasteiger partial charge in [0.2, 0.25) is 15.9 Å². The lowest BCUT2D eigenvalue weighted by atomic mass is 10.1. The minimum Gasteiger partial charge on any atom is -0.372 e. The number of benzene rings is 2. The lowest BCUT2D eigenvalue weighted by molar-refractivity contribution is -0.117. The van der Waals surface area contributed by atoms with Crippen molar-refractivity contribution in [3.8, 4) is 0 Å². The van der Waals surface area contributed by atoms with Gasteiger partial charge >= 0.3 is 0 Å². The van der Waals surface area contributed by atoms with Crippen LogP contribution in [-0.4, -0.2) is 45.9 Å². The molecule has 0 saturated carbocycles. The summed E-state index contributed by atoms with van der Waals surface area (Å²) in [6, 6.07) is 14.4. The fourth-order valence-electron chi connectivity index (χ4n) is 3.84. The van der Waals surface area contributed by atoms with Gasteiger partial charge in [0, 0.05) is 30.5 Å². The van der Waals surface area contributed by atoms with E-state index in [1.54, 1.807) is 12.1 Å². The van der Waals surface area contributed by atoms with E-state index in [0.717, 1.165) is 24.3 Å². The number of anilines is 2. The monoisotopic (exact) mass is 444 g/mol. The van der Waals surface area contributed by atoms with Gasteiger partial charge in [-0.1, -0.05) is 25.0 Å². The van der Waals surface area contributed by atoms with Crippen LogP contribution in [0.5, 0.6) is 0 Å². The summed E-state index contributed by atoms with van der Waals surface area (Å²) >= 11 is 0. The van der Waals surface area contributed by atoms with Crippen molar-refractivity contribution >= 4 is 27.3 Å². The third-order valence-corrected chi connectivity index (χ3v) is 6.80. The Morgan fingerprint density at radius 2 is 1.61 bits per heavy atom. The van der Waals surface area contributed by atoms with Crippen molar-refractivity contribution in [3.05, 3.63) is 54.1 Å². The van der Waals surface area contributed by atoms with Gasteiger partial charge in [0.05, 0.1) is 11.4 Å². The molecule has 168 valence electrons. The number of hydrogen-bond donors (Lipinski definition) is 2. The predicted molar refractivity (Wildman–Crippen MR) is 125 cm³/mol. The Morgan fingerprint density at radius 1 is 1.03 bits per heavy atom. The summed E-state index contributed by atoms with van der Waals surface area (Å²) < 4.78 is 22.8. The van der Waals surface area contributed by atoms with Gasteiger partial charge in [-0.15, -0.1) is 0 Å². The van der Waals surface area contributed by atoms with E-state index in [9.17, 15) is 13.2 Å². The summed E-state index contributed by atoms with van der Waals surface area (Å²) in [6.07, 6.45) is 5.06. The highest BCUT2D eigenvalue weighted by Gasteiger charge is 2.17. The molecule has 3 N–H and O–H groups in total. The first-order chi connectivity index (χ1) is 14.7. The van der Waals surface area contributed by atoms with Gasteiger partial charge in [-0.25, -0.2) is 13.6 Å². The van der Waals surface area contributed by atoms with E-state index in [0.29, 0.717) is 0 Å². The third kappa shape index (κ3) is 6.53. The van der Waals surface area contributed by atoms with Crippen molar-refractivity contribution in [2.24, 2.45) is 5.14 Å². The number of rotatable bonds is 7. The molecule has 2 aromatic carbocycles. The summed E-state index contributed by atoms with van der Waals surface area (Å²) in [7, 11) is -1.85. The highest BCUT2D eigenvalue weighted by molar-refractivity contribution is 7.89. The quantitative estimate of drug-likeness (QED) is 0.683. The van der Waals surface area contributed by atoms with Crippen LogP contribution in [0.4, 0.5) is 11.4 Å². The second kappa shape index (κ2) is 10.3. The Morgan fingerprint density at radius 3 is 2.16 bits per heavy atom. The summed E-state index contributed by atoms with van der Waals surface area (Å²) in [5.74, 6) is -0.0990. The van der Waals surface area contributed by atoms with E-state index < -0.39 is 10.0 Å². The Labute approximate surface area is 185 Å². The van der Waals surface area contributed by atoms with Gasteiger partial charge in [-0.2, -0.15) is 0 Å². The Kier molecular flexibility index (Phi) is 7.69. The fourth-order valence-corrected chi connectivity index (χ4v) is 4.35. The fraction of sp³-hybridized carbons (Fsp3) is 0.435. The number of hydrogen-bond acceptors (Lipinski definition) is 5. The number of sulfonamides is 1. The van der Waals surface area contributed by atoms with Crippen LogP contribution >= 0.6 is 0 Å². The summed E-state index contributed by atoms with van der Waals surface area (Å²) in [5.41, 5.74) is 2.89. The number of likely N-dealkylation sites (N-methyl/N-ethyl adjacent to an activating group) is 1. The van der Waals surface area contributed by atoms with E-state index in [2.05, 4.69) is 22.3 Å². The van der Waals surface area contributed by atoms with Gasteiger partial charge in [0.25, 0.3) is 0 Å². The average molecular weight is 445 g/mol. The Bertz CT molecular complexity index is 967. The molecule has 1 heterocycles. The molecule has 1 aliphatic rings. The van der Waals surface area contributed by atoms with Crippen LogP contribution in [0, 0.1) is 0 Å². The molecule has 0 aliphatic carbocycles. The zero-order valence-corrected chi connectivity index (χ0v) is 19.1. The number of primary sulfonamides is 1. The van der Waals surface area contributed by atoms with Crippen LogP contribution in [0.15, 0.2) is 53.4 Å². The molecule has 1 atom stereocenters. The molecular formula is C23H32N4O3S. The van der Waals surface area contributed by atoms with Crippen LogP contribution in [0.25, 0.3) is 0 Å². The number of nitrogens with one attached hydrogen (secondary N) is 1. The first-order valence-corrected chi connectivity index (χ1v) is 12.3. The minimum absolute atomic E-state index is 0.0642. The van der Waals surface area contributed by atoms with Crippen molar-refractivity contribution in [2.75, 3.05) is 36.9 Å². The molecule has 0 unspecified atom stereocenters. The Hall–Kier alpha value is -2.42. The van der Waals surface area contributed by atoms with Crippen molar-refractivity contribution in [1.82, 2.24) is 4.90 Å². The minimum atomic E-state index is -3.71. The van der Waals surface area contributed by atoms with E-state index in [4.69, 9.17) is 5.14 Å². The smallest absolute Gasteiger partial charge is 0.238 e. The van der Waals surface area contributed by atoms with E-state index in [1.807, 2.05) is 31.0 Å². The number of carbonyl (C=O) groups excluding carboxylic acids is 1. The van der Waals surface area contributed by atoms with Crippen LogP contribution < -0.4 is 15.4 Å². The van der Waals surface area contributed by atoms with Gasteiger partial charge in [0.15, 0.2) is 0 Å². The molecule has 31 heavy (non-hydrogen) atoms. The van der Waals surface area contributed by atoms with E-state index in [1.165, 1.54) is 43.5 Å². The SMILES string of the molecule is C[C@H](c1ccc(S(N)(=O)=O)cc1)N(C)CC(=O)Nc1ccc(N2CCCCCC2)cc1. The highest BCUT2D eigenvalue weighted by atomic mass is 32.2. The molecule has 1 fully saturated rings. The summed E-state index contributed by atoms with van der Waals surface area (Å²) in [4.78, 5) is 16.9. The molecule has 7 nitrogen and oxygen atoms in total. The molecular weight excluding hydrogens is 412 g/mol. The average Bonchev–Trinajstić information content (AvgIpc) is 3.02. The molecule has 0 aromatic heterocycles. The molecule has 0 bridgehead atoms. The molecule has 8 heteroatoms. The van der Waals surface area contributed by atoms with Crippen molar-refractivity contribution in [1.29, 1.82) is 0 Å².